The molecule has 1 saturated heterocycles. The van der Waals surface area contributed by atoms with Gasteiger partial charge in [0.1, 0.15) is 11.6 Å². The van der Waals surface area contributed by atoms with Crippen LogP contribution in [0.25, 0.3) is 5.76 Å². The lowest BCUT2D eigenvalue weighted by Gasteiger charge is -2.24. The number of hydrogen-bond acceptors (Lipinski definition) is 6. The first kappa shape index (κ1) is 22.5. The number of aliphatic hydroxyl groups is 1. The van der Waals surface area contributed by atoms with Crippen molar-refractivity contribution in [2.75, 3.05) is 20.8 Å². The minimum atomic E-state index is -0.762. The largest absolute Gasteiger partial charge is 0.507 e. The van der Waals surface area contributed by atoms with E-state index in [1.165, 1.54) is 40.5 Å². The highest BCUT2D eigenvalue weighted by Gasteiger charge is 2.46. The van der Waals surface area contributed by atoms with Gasteiger partial charge in [0.25, 0.3) is 11.7 Å². The first-order valence-electron chi connectivity index (χ1n) is 10.2. The number of nitrogens with zero attached hydrogens (tertiary/aromatic N) is 1. The number of aliphatic hydroxyl groups excluding tert-OH is 1. The molecule has 0 radical (unpaired) electrons. The predicted octanol–water partition coefficient (Wildman–Crippen LogP) is 4.57. The summed E-state index contributed by atoms with van der Waals surface area (Å²) in [5, 5.41) is 12.8. The van der Waals surface area contributed by atoms with E-state index in [4.69, 9.17) is 9.47 Å². The van der Waals surface area contributed by atoms with Crippen molar-refractivity contribution in [3.8, 4) is 11.5 Å². The number of methoxy groups -OCH3 is 2. The molecule has 0 spiro atoms. The van der Waals surface area contributed by atoms with Crippen LogP contribution in [0, 0.1) is 5.82 Å². The highest BCUT2D eigenvalue weighted by atomic mass is 32.1. The average molecular weight is 468 g/mol. The molecule has 1 atom stereocenters. The summed E-state index contributed by atoms with van der Waals surface area (Å²) in [6.07, 6.45) is 0.464. The molecule has 0 bridgehead atoms. The van der Waals surface area contributed by atoms with E-state index < -0.39 is 23.5 Å². The fourth-order valence-electron chi connectivity index (χ4n) is 3.90. The summed E-state index contributed by atoms with van der Waals surface area (Å²) in [4.78, 5) is 28.2. The Morgan fingerprint density at radius 1 is 1.06 bits per heavy atom. The van der Waals surface area contributed by atoms with Gasteiger partial charge in [0.2, 0.25) is 0 Å². The molecule has 0 aliphatic carbocycles. The van der Waals surface area contributed by atoms with E-state index in [1.807, 2.05) is 29.6 Å². The number of ketones is 1. The van der Waals surface area contributed by atoms with Crippen LogP contribution >= 0.6 is 11.3 Å². The number of carbonyl (C=O) groups is 2. The lowest BCUT2D eigenvalue weighted by Crippen LogP contribution is -2.31. The second-order valence-corrected chi connectivity index (χ2v) is 8.43. The van der Waals surface area contributed by atoms with E-state index in [1.54, 1.807) is 20.3 Å². The van der Waals surface area contributed by atoms with Crippen LogP contribution in [0.1, 0.15) is 22.0 Å². The zero-order valence-corrected chi connectivity index (χ0v) is 18.9. The number of halogens is 1. The number of rotatable bonds is 7. The molecule has 1 aliphatic heterocycles. The highest BCUT2D eigenvalue weighted by molar-refractivity contribution is 7.10. The molecule has 8 heteroatoms. The number of hydrogen-bond donors (Lipinski definition) is 1. The zero-order valence-electron chi connectivity index (χ0n) is 18.1. The van der Waals surface area contributed by atoms with Crippen molar-refractivity contribution < 1.29 is 28.6 Å². The van der Waals surface area contributed by atoms with Crippen LogP contribution in [-0.4, -0.2) is 42.5 Å². The van der Waals surface area contributed by atoms with Crippen LogP contribution in [0.5, 0.6) is 11.5 Å². The fraction of sp³-hybridized carbons (Fsp3) is 0.200. The minimum absolute atomic E-state index is 0.00127. The summed E-state index contributed by atoms with van der Waals surface area (Å²) < 4.78 is 24.0. The van der Waals surface area contributed by atoms with E-state index in [0.29, 0.717) is 17.9 Å². The van der Waals surface area contributed by atoms with Crippen molar-refractivity contribution in [1.82, 2.24) is 4.90 Å². The first-order chi connectivity index (χ1) is 15.9. The number of thiophene rings is 1. The highest BCUT2D eigenvalue weighted by Crippen LogP contribution is 2.41. The smallest absolute Gasteiger partial charge is 0.295 e. The van der Waals surface area contributed by atoms with Gasteiger partial charge in [-0.1, -0.05) is 12.1 Å². The van der Waals surface area contributed by atoms with Gasteiger partial charge < -0.3 is 19.5 Å². The zero-order chi connectivity index (χ0) is 23.5. The SMILES string of the molecule is COc1ccc(CCN2C(=O)C(=O)C(=C(O)c3ccc(F)cc3)[C@@H]2c2cccs2)cc1OC. The molecule has 6 nitrogen and oxygen atoms in total. The summed E-state index contributed by atoms with van der Waals surface area (Å²) in [6.45, 7) is 0.253. The van der Waals surface area contributed by atoms with Crippen LogP contribution < -0.4 is 9.47 Å². The Morgan fingerprint density at radius 2 is 1.79 bits per heavy atom. The van der Waals surface area contributed by atoms with Gasteiger partial charge in [-0.05, 0) is 59.8 Å². The number of Topliss-reactive ketones (excluding diaryl/α,β-unsaturated/α-hetero) is 1. The Morgan fingerprint density at radius 3 is 2.42 bits per heavy atom. The number of carbonyl (C=O) groups excluding carboxylic acids is 2. The van der Waals surface area contributed by atoms with Crippen LogP contribution in [0.2, 0.25) is 0 Å². The van der Waals surface area contributed by atoms with Gasteiger partial charge >= 0.3 is 0 Å². The predicted molar refractivity (Wildman–Crippen MR) is 123 cm³/mol. The van der Waals surface area contributed by atoms with Gasteiger partial charge in [0.15, 0.2) is 11.5 Å². The third-order valence-electron chi connectivity index (χ3n) is 5.56. The lowest BCUT2D eigenvalue weighted by atomic mass is 9.99. The van der Waals surface area contributed by atoms with Crippen LogP contribution in [0.3, 0.4) is 0 Å². The molecule has 1 aliphatic rings. The van der Waals surface area contributed by atoms with Crippen molar-refractivity contribution in [3.05, 3.63) is 87.4 Å². The maximum Gasteiger partial charge on any atom is 0.295 e. The molecule has 1 fully saturated rings. The van der Waals surface area contributed by atoms with E-state index in [0.717, 1.165) is 10.4 Å². The summed E-state index contributed by atoms with van der Waals surface area (Å²) in [5.74, 6) is -1.06. The van der Waals surface area contributed by atoms with E-state index >= 15 is 0 Å². The quantitative estimate of drug-likeness (QED) is 0.313. The molecule has 33 heavy (non-hydrogen) atoms. The van der Waals surface area contributed by atoms with Crippen molar-refractivity contribution in [1.29, 1.82) is 0 Å². The second-order valence-electron chi connectivity index (χ2n) is 7.45. The van der Waals surface area contributed by atoms with E-state index in [-0.39, 0.29) is 23.4 Å². The number of ether oxygens (including phenoxy) is 2. The minimum Gasteiger partial charge on any atom is -0.507 e. The Kier molecular flexibility index (Phi) is 6.46. The molecule has 0 unspecified atom stereocenters. The molecule has 170 valence electrons. The van der Waals surface area contributed by atoms with Gasteiger partial charge in [-0.15, -0.1) is 11.3 Å². The Bertz CT molecular complexity index is 1200. The third-order valence-corrected chi connectivity index (χ3v) is 6.48. The normalized spacial score (nSPS) is 17.4. The monoisotopic (exact) mass is 467 g/mol. The van der Waals surface area contributed by atoms with E-state index in [9.17, 15) is 19.1 Å². The fourth-order valence-corrected chi connectivity index (χ4v) is 4.75. The second kappa shape index (κ2) is 9.46. The van der Waals surface area contributed by atoms with Crippen LogP contribution in [-0.2, 0) is 16.0 Å². The molecular formula is C25H22FNO5S. The topological polar surface area (TPSA) is 76.1 Å². The van der Waals surface area contributed by atoms with Crippen molar-refractivity contribution >= 4 is 28.8 Å². The molecule has 0 saturated carbocycles. The Labute approximate surface area is 194 Å². The lowest BCUT2D eigenvalue weighted by molar-refractivity contribution is -0.139. The number of benzene rings is 2. The van der Waals surface area contributed by atoms with Crippen molar-refractivity contribution in [2.45, 2.75) is 12.5 Å². The molecule has 1 N–H and O–H groups in total. The maximum atomic E-state index is 13.3. The summed E-state index contributed by atoms with van der Waals surface area (Å²) in [7, 11) is 3.10. The van der Waals surface area contributed by atoms with Gasteiger partial charge in [0.05, 0.1) is 25.8 Å². The molecule has 2 heterocycles. The van der Waals surface area contributed by atoms with Gasteiger partial charge in [-0.25, -0.2) is 4.39 Å². The molecular weight excluding hydrogens is 445 g/mol. The molecule has 3 aromatic rings. The van der Waals surface area contributed by atoms with Gasteiger partial charge in [0, 0.05) is 17.0 Å². The summed E-state index contributed by atoms with van der Waals surface area (Å²) >= 11 is 1.39. The van der Waals surface area contributed by atoms with Crippen molar-refractivity contribution in [2.24, 2.45) is 0 Å². The van der Waals surface area contributed by atoms with Crippen LogP contribution in [0.15, 0.2) is 65.6 Å². The molecule has 1 amide bonds. The van der Waals surface area contributed by atoms with Crippen molar-refractivity contribution in [3.63, 3.8) is 0 Å². The number of likely N-dealkylation sites (tertiary alicyclic amines) is 1. The standard InChI is InChI=1S/C25H22FNO5S/c1-31-18-10-5-15(14-19(18)32-2)11-12-27-22(20-4-3-13-33-20)21(24(29)25(27)30)23(28)16-6-8-17(26)9-7-16/h3-10,13-14,22,28H,11-12H2,1-2H3/t22-/m0/s1. The molecule has 4 rings (SSSR count). The third kappa shape index (κ3) is 4.34. The average Bonchev–Trinajstić information content (AvgIpc) is 3.44. The van der Waals surface area contributed by atoms with E-state index in [2.05, 4.69) is 0 Å². The summed E-state index contributed by atoms with van der Waals surface area (Å²) in [6, 6.07) is 13.6. The van der Waals surface area contributed by atoms with Gasteiger partial charge in [-0.2, -0.15) is 0 Å². The van der Waals surface area contributed by atoms with Crippen LogP contribution in [0.4, 0.5) is 4.39 Å². The number of amides is 1. The maximum absolute atomic E-state index is 13.3. The van der Waals surface area contributed by atoms with Gasteiger partial charge in [-0.3, -0.25) is 9.59 Å². The first-order valence-corrected chi connectivity index (χ1v) is 11.1. The molecule has 2 aromatic carbocycles. The Balaban J connectivity index is 1.69. The molecule has 1 aromatic heterocycles. The Hall–Kier alpha value is -3.65. The summed E-state index contributed by atoms with van der Waals surface area (Å²) in [5.41, 5.74) is 1.18.